The Morgan fingerprint density at radius 2 is 1.84 bits per heavy atom. The van der Waals surface area contributed by atoms with Crippen LogP contribution in [-0.2, 0) is 17.7 Å². The molecule has 0 atom stereocenters. The average Bonchev–Trinajstić information content (AvgIpc) is 3.59. The van der Waals surface area contributed by atoms with Crippen LogP contribution in [0.3, 0.4) is 0 Å². The molecule has 0 saturated carbocycles. The van der Waals surface area contributed by atoms with Gasteiger partial charge in [0.1, 0.15) is 23.0 Å². The summed E-state index contributed by atoms with van der Waals surface area (Å²) in [5, 5.41) is 18.3. The highest BCUT2D eigenvalue weighted by Gasteiger charge is 2.19. The molecule has 0 amide bonds. The van der Waals surface area contributed by atoms with E-state index in [1.165, 1.54) is 0 Å². The first-order chi connectivity index (χ1) is 18.6. The van der Waals surface area contributed by atoms with E-state index >= 15 is 0 Å². The predicted molar refractivity (Wildman–Crippen MR) is 145 cm³/mol. The summed E-state index contributed by atoms with van der Waals surface area (Å²) in [6, 6.07) is 10.0. The molecule has 0 N–H and O–H groups in total. The molecule has 12 heteroatoms. The highest BCUT2D eigenvalue weighted by atomic mass is 32.2. The summed E-state index contributed by atoms with van der Waals surface area (Å²) in [4.78, 5) is 16.2. The van der Waals surface area contributed by atoms with Crippen molar-refractivity contribution in [3.63, 3.8) is 0 Å². The summed E-state index contributed by atoms with van der Waals surface area (Å²) in [7, 11) is 3.42. The van der Waals surface area contributed by atoms with E-state index in [-0.39, 0.29) is 10.7 Å². The molecule has 1 aliphatic rings. The van der Waals surface area contributed by atoms with Gasteiger partial charge in [-0.25, -0.2) is 23.8 Å². The fraction of sp³-hybridized carbons (Fsp3) is 0.231. The van der Waals surface area contributed by atoms with Gasteiger partial charge < -0.3 is 9.64 Å². The third kappa shape index (κ3) is 4.59. The van der Waals surface area contributed by atoms with Crippen LogP contribution in [0.2, 0.25) is 0 Å². The molecule has 11 nitrogen and oxygen atoms in total. The maximum absolute atomic E-state index is 9.66. The predicted octanol–water partition coefficient (Wildman–Crippen LogP) is 3.42. The third-order valence-corrected chi connectivity index (χ3v) is 8.10. The Hall–Kier alpha value is -4.63. The molecule has 0 spiro atoms. The standard InChI is InChI=1S/C26H24N10OS/c1-34-16-20(14-30-34)22-17-36-26(19(11-27)13-31-36)25(32-22)18-3-5-23(28-12-18)35-7-9-38(10-8-35)33-21-4-6-24(37-2)29-15-21/h3-6,12-17H,7-10H2,1-2H3. The van der Waals surface area contributed by atoms with E-state index in [1.807, 2.05) is 49.9 Å². The minimum absolute atomic E-state index is 0.0493. The van der Waals surface area contributed by atoms with Crippen molar-refractivity contribution in [2.45, 2.75) is 0 Å². The van der Waals surface area contributed by atoms with Crippen LogP contribution in [0.5, 0.6) is 5.88 Å². The number of methoxy groups -OCH3 is 1. The van der Waals surface area contributed by atoms with E-state index in [9.17, 15) is 5.26 Å². The number of nitrogens with zero attached hydrogens (tertiary/aromatic N) is 10. The Morgan fingerprint density at radius 1 is 0.974 bits per heavy atom. The van der Waals surface area contributed by atoms with Crippen molar-refractivity contribution in [2.24, 2.45) is 11.4 Å². The number of rotatable bonds is 5. The molecular formula is C26H24N10OS. The number of aryl methyl sites for hydroxylation is 1. The Kier molecular flexibility index (Phi) is 6.27. The molecule has 0 bridgehead atoms. The molecule has 0 aliphatic carbocycles. The molecular weight excluding hydrogens is 500 g/mol. The van der Waals surface area contributed by atoms with Gasteiger partial charge in [-0.15, -0.1) is 0 Å². The van der Waals surface area contributed by atoms with Crippen molar-refractivity contribution in [1.82, 2.24) is 34.3 Å². The zero-order chi connectivity index (χ0) is 26.1. The van der Waals surface area contributed by atoms with Crippen molar-refractivity contribution in [3.8, 4) is 34.5 Å². The zero-order valence-electron chi connectivity index (χ0n) is 20.9. The number of anilines is 1. The Morgan fingerprint density at radius 3 is 2.50 bits per heavy atom. The molecule has 1 saturated heterocycles. The van der Waals surface area contributed by atoms with Gasteiger partial charge >= 0.3 is 0 Å². The molecule has 5 aromatic rings. The lowest BCUT2D eigenvalue weighted by Crippen LogP contribution is -2.38. The van der Waals surface area contributed by atoms with Gasteiger partial charge in [0.15, 0.2) is 0 Å². The van der Waals surface area contributed by atoms with E-state index in [0.717, 1.165) is 52.9 Å². The monoisotopic (exact) mass is 524 g/mol. The van der Waals surface area contributed by atoms with Crippen LogP contribution in [-0.4, -0.2) is 66.1 Å². The highest BCUT2D eigenvalue weighted by molar-refractivity contribution is 7.87. The Labute approximate surface area is 221 Å². The van der Waals surface area contributed by atoms with Crippen LogP contribution in [0.4, 0.5) is 11.5 Å². The number of fused-ring (bicyclic) bond motifs is 1. The number of pyridine rings is 2. The lowest BCUT2D eigenvalue weighted by atomic mass is 10.1. The molecule has 1 fully saturated rings. The number of ether oxygens (including phenoxy) is 1. The second-order valence-corrected chi connectivity index (χ2v) is 10.7. The summed E-state index contributed by atoms with van der Waals surface area (Å²) in [5.41, 5.74) is 5.07. The molecule has 38 heavy (non-hydrogen) atoms. The first-order valence-corrected chi connectivity index (χ1v) is 13.5. The molecule has 1 aliphatic heterocycles. The summed E-state index contributed by atoms with van der Waals surface area (Å²) in [5.74, 6) is 3.43. The zero-order valence-corrected chi connectivity index (χ0v) is 21.7. The van der Waals surface area contributed by atoms with E-state index in [2.05, 4.69) is 26.2 Å². The smallest absolute Gasteiger partial charge is 0.213 e. The second-order valence-electron chi connectivity index (χ2n) is 8.75. The molecule has 0 unspecified atom stereocenters. The van der Waals surface area contributed by atoms with Crippen LogP contribution in [0.25, 0.3) is 28.0 Å². The largest absolute Gasteiger partial charge is 0.481 e. The summed E-state index contributed by atoms with van der Waals surface area (Å²) < 4.78 is 13.4. The van der Waals surface area contributed by atoms with Gasteiger partial charge in [-0.2, -0.15) is 15.5 Å². The van der Waals surface area contributed by atoms with Crippen LogP contribution in [0.1, 0.15) is 5.56 Å². The Balaban J connectivity index is 1.24. The quantitative estimate of drug-likeness (QED) is 0.343. The highest BCUT2D eigenvalue weighted by Crippen LogP contribution is 2.29. The van der Waals surface area contributed by atoms with Crippen molar-refractivity contribution >= 4 is 27.7 Å². The molecule has 5 aromatic heterocycles. The second kappa shape index (κ2) is 10.0. The van der Waals surface area contributed by atoms with Crippen LogP contribution in [0, 0.1) is 11.3 Å². The average molecular weight is 525 g/mol. The fourth-order valence-corrected chi connectivity index (χ4v) is 6.02. The van der Waals surface area contributed by atoms with Gasteiger partial charge in [0.2, 0.25) is 5.88 Å². The number of hydrogen-bond acceptors (Lipinski definition) is 9. The lowest BCUT2D eigenvalue weighted by Gasteiger charge is -2.29. The number of hydrogen-bond donors (Lipinski definition) is 0. The summed E-state index contributed by atoms with van der Waals surface area (Å²) in [6.45, 7) is 1.76. The van der Waals surface area contributed by atoms with Gasteiger partial charge in [0, 0.05) is 61.2 Å². The van der Waals surface area contributed by atoms with Gasteiger partial charge in [0.05, 0.1) is 49.0 Å². The summed E-state index contributed by atoms with van der Waals surface area (Å²) >= 11 is 0. The molecule has 190 valence electrons. The molecule has 0 radical (unpaired) electrons. The molecule has 6 rings (SSSR count). The Bertz CT molecular complexity index is 1670. The molecule has 6 heterocycles. The fourth-order valence-electron chi connectivity index (χ4n) is 4.36. The number of aromatic nitrogens is 7. The van der Waals surface area contributed by atoms with E-state index < -0.39 is 0 Å². The SMILES string of the molecule is COc1ccc(N=S2CCN(c3ccc(-c4nc(-c5cnn(C)c5)cn5ncc(C#N)c45)cn3)CC2)cn1. The van der Waals surface area contributed by atoms with Crippen molar-refractivity contribution in [3.05, 3.63) is 67.0 Å². The van der Waals surface area contributed by atoms with Gasteiger partial charge in [-0.3, -0.25) is 4.68 Å². The van der Waals surface area contributed by atoms with Crippen LogP contribution >= 0.6 is 0 Å². The van der Waals surface area contributed by atoms with E-state index in [4.69, 9.17) is 19.1 Å². The van der Waals surface area contributed by atoms with E-state index in [1.54, 1.807) is 34.9 Å². The maximum atomic E-state index is 9.66. The maximum Gasteiger partial charge on any atom is 0.213 e. The molecule has 0 aromatic carbocycles. The van der Waals surface area contributed by atoms with Crippen molar-refractivity contribution in [2.75, 3.05) is 36.6 Å². The third-order valence-electron chi connectivity index (χ3n) is 6.32. The minimum atomic E-state index is -0.0493. The number of nitriles is 1. The van der Waals surface area contributed by atoms with Gasteiger partial charge in [-0.1, -0.05) is 10.7 Å². The lowest BCUT2D eigenvalue weighted by molar-refractivity contribution is 0.398. The van der Waals surface area contributed by atoms with Gasteiger partial charge in [0.25, 0.3) is 0 Å². The first kappa shape index (κ1) is 23.7. The van der Waals surface area contributed by atoms with Crippen molar-refractivity contribution < 1.29 is 4.74 Å². The van der Waals surface area contributed by atoms with Crippen LogP contribution in [0.15, 0.2) is 65.8 Å². The van der Waals surface area contributed by atoms with E-state index in [0.29, 0.717) is 22.7 Å². The summed E-state index contributed by atoms with van der Waals surface area (Å²) in [6.07, 6.45) is 10.6. The van der Waals surface area contributed by atoms with Gasteiger partial charge in [-0.05, 0) is 18.2 Å². The topological polar surface area (TPSA) is 122 Å². The normalized spacial score (nSPS) is 14.0. The van der Waals surface area contributed by atoms with Crippen molar-refractivity contribution in [1.29, 1.82) is 5.26 Å². The first-order valence-electron chi connectivity index (χ1n) is 12.0. The van der Waals surface area contributed by atoms with Crippen LogP contribution < -0.4 is 9.64 Å². The minimum Gasteiger partial charge on any atom is -0.481 e.